The van der Waals surface area contributed by atoms with E-state index in [1.165, 1.54) is 10.5 Å². The highest BCUT2D eigenvalue weighted by Gasteiger charge is 2.29. The lowest BCUT2D eigenvalue weighted by Gasteiger charge is -2.28. The first-order valence-corrected chi connectivity index (χ1v) is 7.21. The molecule has 0 radical (unpaired) electrons. The zero-order valence-corrected chi connectivity index (χ0v) is 12.5. The van der Waals surface area contributed by atoms with E-state index >= 15 is 0 Å². The van der Waals surface area contributed by atoms with E-state index in [1.807, 2.05) is 13.8 Å². The summed E-state index contributed by atoms with van der Waals surface area (Å²) in [5, 5.41) is 3.97. The first-order chi connectivity index (χ1) is 8.12. The van der Waals surface area contributed by atoms with Gasteiger partial charge in [-0.2, -0.15) is 5.10 Å². The van der Waals surface area contributed by atoms with Crippen LogP contribution in [0.3, 0.4) is 0 Å². The number of aromatic nitrogens is 2. The van der Waals surface area contributed by atoms with Gasteiger partial charge in [0.2, 0.25) is 10.0 Å². The van der Waals surface area contributed by atoms with Crippen molar-refractivity contribution >= 4 is 10.0 Å². The fraction of sp³-hybridized carbons (Fsp3) is 0.727. The molecule has 0 aliphatic rings. The van der Waals surface area contributed by atoms with E-state index in [2.05, 4.69) is 5.10 Å². The molecule has 0 aromatic carbocycles. The molecule has 0 atom stereocenters. The second-order valence-corrected chi connectivity index (χ2v) is 7.36. The SMILES string of the molecule is Cc1c(S(=O)(=O)N(C)CC(C)(C)CN)cnn1C. The molecule has 1 rings (SSSR count). The van der Waals surface area contributed by atoms with Gasteiger partial charge in [-0.15, -0.1) is 0 Å². The van der Waals surface area contributed by atoms with Gasteiger partial charge in [-0.05, 0) is 18.9 Å². The Morgan fingerprint density at radius 2 is 2.06 bits per heavy atom. The lowest BCUT2D eigenvalue weighted by molar-refractivity contribution is 0.292. The number of aryl methyl sites for hydroxylation is 1. The van der Waals surface area contributed by atoms with Crippen LogP contribution in [0.15, 0.2) is 11.1 Å². The van der Waals surface area contributed by atoms with E-state index in [0.29, 0.717) is 18.8 Å². The Hall–Kier alpha value is -0.920. The first kappa shape index (κ1) is 15.1. The second-order valence-electron chi connectivity index (χ2n) is 5.35. The normalized spacial score (nSPS) is 13.3. The summed E-state index contributed by atoms with van der Waals surface area (Å²) in [6.07, 6.45) is 1.39. The fourth-order valence-electron chi connectivity index (χ4n) is 1.65. The van der Waals surface area contributed by atoms with Crippen LogP contribution >= 0.6 is 0 Å². The van der Waals surface area contributed by atoms with Crippen molar-refractivity contribution in [2.75, 3.05) is 20.1 Å². The van der Waals surface area contributed by atoms with Crippen molar-refractivity contribution in [3.63, 3.8) is 0 Å². The summed E-state index contributed by atoms with van der Waals surface area (Å²) in [7, 11) is -0.209. The number of nitrogens with zero attached hydrogens (tertiary/aromatic N) is 3. The highest BCUT2D eigenvalue weighted by Crippen LogP contribution is 2.22. The van der Waals surface area contributed by atoms with E-state index in [9.17, 15) is 8.42 Å². The predicted octanol–water partition coefficient (Wildman–Crippen LogP) is 0.334. The molecule has 104 valence electrons. The molecule has 7 heteroatoms. The largest absolute Gasteiger partial charge is 0.330 e. The molecule has 0 saturated heterocycles. The quantitative estimate of drug-likeness (QED) is 0.839. The van der Waals surface area contributed by atoms with Crippen molar-refractivity contribution in [2.45, 2.75) is 25.7 Å². The van der Waals surface area contributed by atoms with Crippen LogP contribution in [0.25, 0.3) is 0 Å². The van der Waals surface area contributed by atoms with Crippen LogP contribution in [0.4, 0.5) is 0 Å². The van der Waals surface area contributed by atoms with Gasteiger partial charge in [0.25, 0.3) is 0 Å². The van der Waals surface area contributed by atoms with E-state index in [0.717, 1.165) is 0 Å². The molecular formula is C11H22N4O2S. The molecule has 1 heterocycles. The van der Waals surface area contributed by atoms with Crippen LogP contribution in [0, 0.1) is 12.3 Å². The average molecular weight is 274 g/mol. The molecule has 0 amide bonds. The lowest BCUT2D eigenvalue weighted by atomic mass is 9.94. The van der Waals surface area contributed by atoms with Crippen LogP contribution in [-0.2, 0) is 17.1 Å². The van der Waals surface area contributed by atoms with Crippen molar-refractivity contribution in [1.29, 1.82) is 0 Å². The molecule has 0 fully saturated rings. The number of rotatable bonds is 5. The van der Waals surface area contributed by atoms with Crippen molar-refractivity contribution in [3.8, 4) is 0 Å². The first-order valence-electron chi connectivity index (χ1n) is 5.77. The Labute approximate surface area is 109 Å². The third kappa shape index (κ3) is 2.90. The molecule has 0 aliphatic carbocycles. The maximum absolute atomic E-state index is 12.4. The van der Waals surface area contributed by atoms with E-state index in [4.69, 9.17) is 5.73 Å². The molecule has 0 saturated carbocycles. The maximum Gasteiger partial charge on any atom is 0.246 e. The monoisotopic (exact) mass is 274 g/mol. The van der Waals surface area contributed by atoms with Gasteiger partial charge < -0.3 is 5.73 Å². The molecule has 6 nitrogen and oxygen atoms in total. The molecule has 18 heavy (non-hydrogen) atoms. The van der Waals surface area contributed by atoms with Gasteiger partial charge in [0.05, 0.1) is 11.9 Å². The molecular weight excluding hydrogens is 252 g/mol. The minimum atomic E-state index is -3.50. The van der Waals surface area contributed by atoms with Gasteiger partial charge >= 0.3 is 0 Å². The molecule has 1 aromatic heterocycles. The third-order valence-corrected chi connectivity index (χ3v) is 4.99. The Balaban J connectivity index is 3.05. The highest BCUT2D eigenvalue weighted by molar-refractivity contribution is 7.89. The predicted molar refractivity (Wildman–Crippen MR) is 70.6 cm³/mol. The number of nitrogens with two attached hydrogens (primary N) is 1. The summed E-state index contributed by atoms with van der Waals surface area (Å²) in [5.41, 5.74) is 6.01. The van der Waals surface area contributed by atoms with E-state index in [1.54, 1.807) is 25.7 Å². The standard InChI is InChI=1S/C11H22N4O2S/c1-9-10(6-13-15(9)5)18(16,17)14(4)8-11(2,3)7-12/h6H,7-8,12H2,1-5H3. The number of sulfonamides is 1. The summed E-state index contributed by atoms with van der Waals surface area (Å²) in [6, 6.07) is 0. The summed E-state index contributed by atoms with van der Waals surface area (Å²) >= 11 is 0. The van der Waals surface area contributed by atoms with Crippen molar-refractivity contribution in [2.24, 2.45) is 18.2 Å². The topological polar surface area (TPSA) is 81.2 Å². The fourth-order valence-corrected chi connectivity index (χ4v) is 3.19. The van der Waals surface area contributed by atoms with Crippen molar-refractivity contribution in [1.82, 2.24) is 14.1 Å². The molecule has 0 unspecified atom stereocenters. The summed E-state index contributed by atoms with van der Waals surface area (Å²) < 4.78 is 27.7. The summed E-state index contributed by atoms with van der Waals surface area (Å²) in [4.78, 5) is 0.250. The number of hydrogen-bond donors (Lipinski definition) is 1. The third-order valence-electron chi connectivity index (χ3n) is 3.08. The van der Waals surface area contributed by atoms with Gasteiger partial charge in [0, 0.05) is 20.6 Å². The van der Waals surface area contributed by atoms with E-state index < -0.39 is 10.0 Å². The molecule has 0 bridgehead atoms. The zero-order valence-electron chi connectivity index (χ0n) is 11.6. The van der Waals surface area contributed by atoms with Crippen LogP contribution in [0.1, 0.15) is 19.5 Å². The average Bonchev–Trinajstić information content (AvgIpc) is 2.59. The smallest absolute Gasteiger partial charge is 0.246 e. The molecule has 1 aromatic rings. The van der Waals surface area contributed by atoms with Gasteiger partial charge in [-0.3, -0.25) is 4.68 Å². The van der Waals surface area contributed by atoms with Crippen molar-refractivity contribution in [3.05, 3.63) is 11.9 Å². The Morgan fingerprint density at radius 1 is 1.50 bits per heavy atom. The minimum Gasteiger partial charge on any atom is -0.330 e. The van der Waals surface area contributed by atoms with Crippen LogP contribution in [0.5, 0.6) is 0 Å². The van der Waals surface area contributed by atoms with Gasteiger partial charge in [0.15, 0.2) is 0 Å². The Bertz CT molecular complexity index is 519. The zero-order chi connectivity index (χ0) is 14.1. The second kappa shape index (κ2) is 4.99. The Kier molecular flexibility index (Phi) is 4.19. The van der Waals surface area contributed by atoms with E-state index in [-0.39, 0.29) is 10.3 Å². The molecule has 2 N–H and O–H groups in total. The Morgan fingerprint density at radius 3 is 2.44 bits per heavy atom. The highest BCUT2D eigenvalue weighted by atomic mass is 32.2. The summed E-state index contributed by atoms with van der Waals surface area (Å²) in [5.74, 6) is 0. The van der Waals surface area contributed by atoms with Crippen LogP contribution in [-0.4, -0.2) is 42.6 Å². The van der Waals surface area contributed by atoms with Gasteiger partial charge in [-0.1, -0.05) is 13.8 Å². The summed E-state index contributed by atoms with van der Waals surface area (Å²) in [6.45, 7) is 6.42. The lowest BCUT2D eigenvalue weighted by Crippen LogP contribution is -2.39. The van der Waals surface area contributed by atoms with Crippen LogP contribution in [0.2, 0.25) is 0 Å². The van der Waals surface area contributed by atoms with Gasteiger partial charge in [-0.25, -0.2) is 12.7 Å². The number of hydrogen-bond acceptors (Lipinski definition) is 4. The molecule has 0 aliphatic heterocycles. The van der Waals surface area contributed by atoms with Crippen LogP contribution < -0.4 is 5.73 Å². The minimum absolute atomic E-state index is 0.250. The van der Waals surface area contributed by atoms with Crippen molar-refractivity contribution < 1.29 is 8.42 Å². The maximum atomic E-state index is 12.4. The van der Waals surface area contributed by atoms with Gasteiger partial charge in [0.1, 0.15) is 4.90 Å². The molecule has 0 spiro atoms.